The first kappa shape index (κ1) is 20.2. The summed E-state index contributed by atoms with van der Waals surface area (Å²) >= 11 is 0. The van der Waals surface area contributed by atoms with Crippen molar-refractivity contribution in [2.24, 2.45) is 0 Å². The van der Waals surface area contributed by atoms with Gasteiger partial charge in [0.15, 0.2) is 16.4 Å². The van der Waals surface area contributed by atoms with Gasteiger partial charge in [-0.2, -0.15) is 0 Å². The molecule has 0 aliphatic carbocycles. The van der Waals surface area contributed by atoms with Crippen LogP contribution in [0.1, 0.15) is 35.7 Å². The zero-order chi connectivity index (χ0) is 19.3. The molecule has 1 atom stereocenters. The number of carbonyl (C=O) groups excluding carboxylic acids is 2. The van der Waals surface area contributed by atoms with Gasteiger partial charge in [-0.1, -0.05) is 13.0 Å². The highest BCUT2D eigenvalue weighted by Gasteiger charge is 2.34. The van der Waals surface area contributed by atoms with Crippen molar-refractivity contribution in [3.05, 3.63) is 29.3 Å². The first-order valence-corrected chi connectivity index (χ1v) is 10.4. The Bertz CT molecular complexity index is 774. The number of hydrogen-bond acceptors (Lipinski definition) is 6. The molecule has 0 bridgehead atoms. The first-order chi connectivity index (χ1) is 12.3. The fourth-order valence-electron chi connectivity index (χ4n) is 3.01. The summed E-state index contributed by atoms with van der Waals surface area (Å²) in [6.45, 7) is 3.80. The Morgan fingerprint density at radius 3 is 2.62 bits per heavy atom. The van der Waals surface area contributed by atoms with Gasteiger partial charge < -0.3 is 14.4 Å². The molecule has 0 unspecified atom stereocenters. The molecule has 1 saturated heterocycles. The van der Waals surface area contributed by atoms with Gasteiger partial charge in [0.2, 0.25) is 0 Å². The average molecular weight is 383 g/mol. The van der Waals surface area contributed by atoms with Crippen LogP contribution in [0.4, 0.5) is 0 Å². The highest BCUT2D eigenvalue weighted by Crippen LogP contribution is 2.20. The first-order valence-electron chi connectivity index (χ1n) is 8.59. The number of methoxy groups -OCH3 is 1. The Hall–Kier alpha value is -2.09. The molecule has 8 heteroatoms. The van der Waals surface area contributed by atoms with E-state index in [0.29, 0.717) is 30.7 Å². The fourth-order valence-corrected chi connectivity index (χ4v) is 4.74. The molecule has 0 aromatic heterocycles. The van der Waals surface area contributed by atoms with Crippen LogP contribution in [-0.2, 0) is 19.4 Å². The Labute approximate surface area is 154 Å². The van der Waals surface area contributed by atoms with Crippen LogP contribution in [0.15, 0.2) is 18.2 Å². The quantitative estimate of drug-likeness (QED) is 0.664. The van der Waals surface area contributed by atoms with Crippen molar-refractivity contribution >= 4 is 21.7 Å². The third-order valence-electron chi connectivity index (χ3n) is 4.40. The van der Waals surface area contributed by atoms with Crippen LogP contribution in [-0.4, -0.2) is 63.0 Å². The van der Waals surface area contributed by atoms with Crippen molar-refractivity contribution in [3.63, 3.8) is 0 Å². The molecule has 0 radical (unpaired) electrons. The summed E-state index contributed by atoms with van der Waals surface area (Å²) in [4.78, 5) is 26.2. The van der Waals surface area contributed by atoms with E-state index in [1.807, 2.05) is 13.8 Å². The lowest BCUT2D eigenvalue weighted by Crippen LogP contribution is -2.43. The molecular formula is C18H25NO6S. The number of benzene rings is 1. The maximum absolute atomic E-state index is 12.5. The van der Waals surface area contributed by atoms with E-state index in [1.54, 1.807) is 18.2 Å². The van der Waals surface area contributed by atoms with Gasteiger partial charge in [0.05, 0.1) is 24.2 Å². The minimum absolute atomic E-state index is 0.0259. The number of carbonyl (C=O) groups is 2. The number of amides is 1. The molecule has 1 aromatic rings. The van der Waals surface area contributed by atoms with Gasteiger partial charge in [-0.05, 0) is 37.5 Å². The van der Waals surface area contributed by atoms with Crippen LogP contribution in [0.25, 0.3) is 0 Å². The topological polar surface area (TPSA) is 90.0 Å². The second kappa shape index (κ2) is 8.53. The molecule has 7 nitrogen and oxygen atoms in total. The molecule has 1 aromatic carbocycles. The maximum Gasteiger partial charge on any atom is 0.338 e. The lowest BCUT2D eigenvalue weighted by atomic mass is 10.1. The number of aryl methyl sites for hydroxylation is 1. The molecule has 0 spiro atoms. The van der Waals surface area contributed by atoms with Gasteiger partial charge in [-0.25, -0.2) is 13.2 Å². The van der Waals surface area contributed by atoms with Crippen LogP contribution in [0, 0.1) is 6.92 Å². The number of rotatable bonds is 7. The summed E-state index contributed by atoms with van der Waals surface area (Å²) in [7, 11) is -1.58. The van der Waals surface area contributed by atoms with Crippen LogP contribution in [0.5, 0.6) is 5.75 Å². The summed E-state index contributed by atoms with van der Waals surface area (Å²) in [5.41, 5.74) is 1.18. The van der Waals surface area contributed by atoms with E-state index in [9.17, 15) is 18.0 Å². The SMILES string of the molecule is CCCN(C(=O)COC(=O)c1ccc(C)c(OC)c1)[C@H]1CCS(=O)(=O)C1. The smallest absolute Gasteiger partial charge is 0.338 e. The number of sulfone groups is 1. The predicted octanol–water partition coefficient (Wildman–Crippen LogP) is 1.59. The van der Waals surface area contributed by atoms with E-state index in [1.165, 1.54) is 12.0 Å². The van der Waals surface area contributed by atoms with Crippen molar-refractivity contribution in [2.75, 3.05) is 31.8 Å². The molecule has 0 N–H and O–H groups in total. The Balaban J connectivity index is 2.00. The second-order valence-electron chi connectivity index (χ2n) is 6.40. The minimum Gasteiger partial charge on any atom is -0.496 e. The van der Waals surface area contributed by atoms with E-state index < -0.39 is 22.4 Å². The molecule has 1 fully saturated rings. The number of esters is 1. The van der Waals surface area contributed by atoms with E-state index in [4.69, 9.17) is 9.47 Å². The molecule has 26 heavy (non-hydrogen) atoms. The normalized spacial score (nSPS) is 18.3. The molecule has 144 valence electrons. The lowest BCUT2D eigenvalue weighted by molar-refractivity contribution is -0.136. The van der Waals surface area contributed by atoms with Crippen LogP contribution in [0.3, 0.4) is 0 Å². The third kappa shape index (κ3) is 4.97. The molecule has 2 rings (SSSR count). The van der Waals surface area contributed by atoms with Gasteiger partial charge in [0.1, 0.15) is 5.75 Å². The molecular weight excluding hydrogens is 358 g/mol. The Kier molecular flexibility index (Phi) is 6.63. The summed E-state index contributed by atoms with van der Waals surface area (Å²) in [5, 5.41) is 0. The highest BCUT2D eigenvalue weighted by atomic mass is 32.2. The number of ether oxygens (including phenoxy) is 2. The van der Waals surface area contributed by atoms with E-state index >= 15 is 0 Å². The van der Waals surface area contributed by atoms with Gasteiger partial charge >= 0.3 is 5.97 Å². The van der Waals surface area contributed by atoms with Crippen molar-refractivity contribution in [1.29, 1.82) is 0 Å². The van der Waals surface area contributed by atoms with Crippen molar-refractivity contribution in [1.82, 2.24) is 4.90 Å². The van der Waals surface area contributed by atoms with Gasteiger partial charge in [-0.3, -0.25) is 4.79 Å². The highest BCUT2D eigenvalue weighted by molar-refractivity contribution is 7.91. The van der Waals surface area contributed by atoms with Gasteiger partial charge in [0, 0.05) is 12.6 Å². The van der Waals surface area contributed by atoms with E-state index in [2.05, 4.69) is 0 Å². The van der Waals surface area contributed by atoms with E-state index in [0.717, 1.165) is 5.56 Å². The minimum atomic E-state index is -3.09. The molecule has 1 aliphatic rings. The third-order valence-corrected chi connectivity index (χ3v) is 6.15. The second-order valence-corrected chi connectivity index (χ2v) is 8.63. The monoisotopic (exact) mass is 383 g/mol. The van der Waals surface area contributed by atoms with E-state index in [-0.39, 0.29) is 23.5 Å². The molecule has 0 saturated carbocycles. The fraction of sp³-hybridized carbons (Fsp3) is 0.556. The van der Waals surface area contributed by atoms with Crippen LogP contribution < -0.4 is 4.74 Å². The van der Waals surface area contributed by atoms with Crippen molar-refractivity contribution in [3.8, 4) is 5.75 Å². The zero-order valence-corrected chi connectivity index (χ0v) is 16.2. The molecule has 1 heterocycles. The van der Waals surface area contributed by atoms with Gasteiger partial charge in [-0.15, -0.1) is 0 Å². The molecule has 1 amide bonds. The summed E-state index contributed by atoms with van der Waals surface area (Å²) < 4.78 is 33.7. The number of hydrogen-bond donors (Lipinski definition) is 0. The van der Waals surface area contributed by atoms with Gasteiger partial charge in [0.25, 0.3) is 5.91 Å². The molecule has 1 aliphatic heterocycles. The summed E-state index contributed by atoms with van der Waals surface area (Å²) in [5.74, 6) is -0.362. The van der Waals surface area contributed by atoms with Crippen molar-refractivity contribution in [2.45, 2.75) is 32.7 Å². The standard InChI is InChI=1S/C18H25NO6S/c1-4-8-19(15-7-9-26(22,23)12-15)17(20)11-25-18(21)14-6-5-13(2)16(10-14)24-3/h5-6,10,15H,4,7-9,11-12H2,1-3H3/t15-/m0/s1. The summed E-state index contributed by atoms with van der Waals surface area (Å²) in [6, 6.07) is 4.57. The van der Waals surface area contributed by atoms with Crippen LogP contribution in [0.2, 0.25) is 0 Å². The zero-order valence-electron chi connectivity index (χ0n) is 15.4. The Morgan fingerprint density at radius 2 is 2.04 bits per heavy atom. The lowest BCUT2D eigenvalue weighted by Gasteiger charge is -2.27. The number of nitrogens with zero attached hydrogens (tertiary/aromatic N) is 1. The largest absolute Gasteiger partial charge is 0.496 e. The predicted molar refractivity (Wildman–Crippen MR) is 97.1 cm³/mol. The van der Waals surface area contributed by atoms with Crippen molar-refractivity contribution < 1.29 is 27.5 Å². The van der Waals surface area contributed by atoms with Crippen LogP contribution >= 0.6 is 0 Å². The average Bonchev–Trinajstić information content (AvgIpc) is 2.97. The summed E-state index contributed by atoms with van der Waals surface area (Å²) in [6.07, 6.45) is 1.13. The Morgan fingerprint density at radius 1 is 1.31 bits per heavy atom. The maximum atomic E-state index is 12.5.